The molecule has 2 aliphatic rings. The van der Waals surface area contributed by atoms with Crippen molar-refractivity contribution in [1.29, 1.82) is 0 Å². The van der Waals surface area contributed by atoms with E-state index in [4.69, 9.17) is 9.47 Å². The first-order chi connectivity index (χ1) is 9.98. The molecule has 0 aliphatic carbocycles. The quantitative estimate of drug-likeness (QED) is 0.834. The van der Waals surface area contributed by atoms with Gasteiger partial charge in [0.05, 0.1) is 19.8 Å². The number of ether oxygens (including phenoxy) is 2. The third kappa shape index (κ3) is 4.82. The van der Waals surface area contributed by atoms with Gasteiger partial charge in [0, 0.05) is 26.3 Å². The molecule has 0 saturated carbocycles. The summed E-state index contributed by atoms with van der Waals surface area (Å²) in [6, 6.07) is -1.65. The molecule has 2 aliphatic heterocycles. The average molecular weight is 310 g/mol. The van der Waals surface area contributed by atoms with Gasteiger partial charge in [-0.25, -0.2) is 0 Å². The molecule has 21 heavy (non-hydrogen) atoms. The number of nitrogens with zero attached hydrogens (tertiary/aromatic N) is 1. The molecule has 0 radical (unpaired) electrons. The van der Waals surface area contributed by atoms with Crippen molar-refractivity contribution in [3.63, 3.8) is 0 Å². The third-order valence-corrected chi connectivity index (χ3v) is 3.93. The van der Waals surface area contributed by atoms with Crippen molar-refractivity contribution in [2.75, 3.05) is 46.1 Å². The van der Waals surface area contributed by atoms with E-state index >= 15 is 0 Å². The van der Waals surface area contributed by atoms with Crippen LogP contribution in [0.15, 0.2) is 0 Å². The molecular weight excluding hydrogens is 289 g/mol. The molecule has 0 bridgehead atoms. The third-order valence-electron chi connectivity index (χ3n) is 3.93. The molecule has 0 aromatic heterocycles. The van der Waals surface area contributed by atoms with E-state index in [1.54, 1.807) is 0 Å². The predicted octanol–water partition coefficient (Wildman–Crippen LogP) is 0.792. The minimum atomic E-state index is -4.35. The number of hydrogen-bond donors (Lipinski definition) is 1. The van der Waals surface area contributed by atoms with Crippen molar-refractivity contribution in [1.82, 2.24) is 10.2 Å². The monoisotopic (exact) mass is 310 g/mol. The Morgan fingerprint density at radius 1 is 1.14 bits per heavy atom. The molecule has 0 spiro atoms. The van der Waals surface area contributed by atoms with E-state index in [1.165, 1.54) is 4.90 Å². The normalized spacial score (nSPS) is 23.1. The number of halogens is 3. The van der Waals surface area contributed by atoms with Crippen LogP contribution in [-0.4, -0.2) is 69.1 Å². The van der Waals surface area contributed by atoms with Crippen LogP contribution >= 0.6 is 0 Å². The fourth-order valence-corrected chi connectivity index (χ4v) is 2.72. The Kier molecular flexibility index (Phi) is 5.83. The Morgan fingerprint density at radius 3 is 2.29 bits per heavy atom. The molecule has 2 rings (SSSR count). The fraction of sp³-hybridized carbons (Fsp3) is 0.923. The largest absolute Gasteiger partial charge is 0.404 e. The first-order valence-electron chi connectivity index (χ1n) is 7.22. The highest BCUT2D eigenvalue weighted by Gasteiger charge is 2.45. The number of amides is 1. The number of carbonyl (C=O) groups is 1. The van der Waals surface area contributed by atoms with E-state index in [-0.39, 0.29) is 12.5 Å². The highest BCUT2D eigenvalue weighted by atomic mass is 19.4. The predicted molar refractivity (Wildman–Crippen MR) is 68.8 cm³/mol. The van der Waals surface area contributed by atoms with E-state index < -0.39 is 18.1 Å². The van der Waals surface area contributed by atoms with Gasteiger partial charge in [-0.2, -0.15) is 13.2 Å². The van der Waals surface area contributed by atoms with E-state index in [9.17, 15) is 18.0 Å². The molecule has 2 saturated heterocycles. The highest BCUT2D eigenvalue weighted by Crippen LogP contribution is 2.31. The molecule has 5 nitrogen and oxygen atoms in total. The molecule has 2 heterocycles. The first-order valence-corrected chi connectivity index (χ1v) is 7.22. The number of morpholine rings is 1. The van der Waals surface area contributed by atoms with E-state index in [2.05, 4.69) is 5.32 Å². The van der Waals surface area contributed by atoms with Gasteiger partial charge in [-0.05, 0) is 18.8 Å². The van der Waals surface area contributed by atoms with E-state index in [0.29, 0.717) is 52.4 Å². The average Bonchev–Trinajstić information content (AvgIpc) is 2.48. The molecular formula is C13H21F3N2O3. The molecule has 1 amide bonds. The van der Waals surface area contributed by atoms with Crippen molar-refractivity contribution in [3.05, 3.63) is 0 Å². The Labute approximate surface area is 121 Å². The minimum absolute atomic E-state index is 0.290. The van der Waals surface area contributed by atoms with Crippen LogP contribution in [0, 0.1) is 5.92 Å². The Balaban J connectivity index is 1.87. The van der Waals surface area contributed by atoms with Gasteiger partial charge in [0.15, 0.2) is 0 Å². The number of alkyl halides is 3. The van der Waals surface area contributed by atoms with Crippen LogP contribution in [0.25, 0.3) is 0 Å². The summed E-state index contributed by atoms with van der Waals surface area (Å²) >= 11 is 0. The zero-order valence-corrected chi connectivity index (χ0v) is 11.8. The summed E-state index contributed by atoms with van der Waals surface area (Å²) in [4.78, 5) is 13.5. The molecule has 2 fully saturated rings. The summed E-state index contributed by atoms with van der Waals surface area (Å²) in [5, 5.41) is 2.41. The van der Waals surface area contributed by atoms with Crippen LogP contribution in [0.2, 0.25) is 0 Å². The van der Waals surface area contributed by atoms with Crippen molar-refractivity contribution in [2.45, 2.75) is 25.1 Å². The van der Waals surface area contributed by atoms with Crippen LogP contribution in [0.3, 0.4) is 0 Å². The van der Waals surface area contributed by atoms with Crippen molar-refractivity contribution < 1.29 is 27.4 Å². The number of nitrogens with one attached hydrogen (secondary N) is 1. The first kappa shape index (κ1) is 16.5. The lowest BCUT2D eigenvalue weighted by Crippen LogP contribution is -2.53. The summed E-state index contributed by atoms with van der Waals surface area (Å²) < 4.78 is 49.7. The van der Waals surface area contributed by atoms with Gasteiger partial charge in [0.1, 0.15) is 6.04 Å². The summed E-state index contributed by atoms with van der Waals surface area (Å²) in [5.41, 5.74) is 0. The summed E-state index contributed by atoms with van der Waals surface area (Å²) in [6.07, 6.45) is -3.63. The molecule has 8 heteroatoms. The van der Waals surface area contributed by atoms with Crippen LogP contribution in [0.1, 0.15) is 12.8 Å². The lowest BCUT2D eigenvalue weighted by molar-refractivity contribution is -0.175. The Morgan fingerprint density at radius 2 is 1.71 bits per heavy atom. The van der Waals surface area contributed by atoms with Crippen LogP contribution in [0.5, 0.6) is 0 Å². The Hall–Kier alpha value is -0.860. The van der Waals surface area contributed by atoms with E-state index in [1.807, 2.05) is 0 Å². The Bertz CT molecular complexity index is 340. The molecule has 0 aromatic carbocycles. The van der Waals surface area contributed by atoms with Gasteiger partial charge >= 0.3 is 6.18 Å². The molecule has 1 N–H and O–H groups in total. The topological polar surface area (TPSA) is 50.8 Å². The molecule has 1 atom stereocenters. The second kappa shape index (κ2) is 7.42. The molecule has 0 unspecified atom stereocenters. The second-order valence-electron chi connectivity index (χ2n) is 5.34. The zero-order valence-electron chi connectivity index (χ0n) is 11.8. The van der Waals surface area contributed by atoms with Crippen LogP contribution in [0.4, 0.5) is 13.2 Å². The fourth-order valence-electron chi connectivity index (χ4n) is 2.72. The van der Waals surface area contributed by atoms with Crippen LogP contribution in [-0.2, 0) is 14.3 Å². The van der Waals surface area contributed by atoms with Gasteiger partial charge in [0.2, 0.25) is 5.91 Å². The van der Waals surface area contributed by atoms with Gasteiger partial charge in [-0.1, -0.05) is 0 Å². The SMILES string of the molecule is O=C(CN[C@H](C1CCOCC1)C(F)(F)F)N1CCOCC1. The number of hydrogen-bond acceptors (Lipinski definition) is 4. The van der Waals surface area contributed by atoms with Gasteiger partial charge < -0.3 is 14.4 Å². The lowest BCUT2D eigenvalue weighted by atomic mass is 9.91. The van der Waals surface area contributed by atoms with Crippen molar-refractivity contribution in [3.8, 4) is 0 Å². The minimum Gasteiger partial charge on any atom is -0.381 e. The number of carbonyl (C=O) groups excluding carboxylic acids is 1. The maximum Gasteiger partial charge on any atom is 0.404 e. The standard InChI is InChI=1S/C13H21F3N2O3/c14-13(15,16)12(10-1-5-20-6-2-10)17-9-11(19)18-3-7-21-8-4-18/h10,12,17H,1-9H2/t12-/m1/s1. The lowest BCUT2D eigenvalue weighted by Gasteiger charge is -2.33. The summed E-state index contributed by atoms with van der Waals surface area (Å²) in [5.74, 6) is -0.837. The summed E-state index contributed by atoms with van der Waals surface area (Å²) in [6.45, 7) is 2.15. The second-order valence-corrected chi connectivity index (χ2v) is 5.34. The van der Waals surface area contributed by atoms with Gasteiger partial charge in [-0.3, -0.25) is 10.1 Å². The molecule has 0 aromatic rings. The maximum atomic E-state index is 13.1. The smallest absolute Gasteiger partial charge is 0.381 e. The van der Waals surface area contributed by atoms with Gasteiger partial charge in [-0.15, -0.1) is 0 Å². The van der Waals surface area contributed by atoms with Crippen molar-refractivity contribution in [2.24, 2.45) is 5.92 Å². The molecule has 122 valence electrons. The zero-order chi connectivity index (χ0) is 15.3. The van der Waals surface area contributed by atoms with Crippen molar-refractivity contribution >= 4 is 5.91 Å². The highest BCUT2D eigenvalue weighted by molar-refractivity contribution is 5.78. The maximum absolute atomic E-state index is 13.1. The van der Waals surface area contributed by atoms with Gasteiger partial charge in [0.25, 0.3) is 0 Å². The van der Waals surface area contributed by atoms with Crippen LogP contribution < -0.4 is 5.32 Å². The number of rotatable bonds is 4. The van der Waals surface area contributed by atoms with E-state index in [0.717, 1.165) is 0 Å². The summed E-state index contributed by atoms with van der Waals surface area (Å²) in [7, 11) is 0.